The van der Waals surface area contributed by atoms with Crippen LogP contribution in [0.15, 0.2) is 15.8 Å². The van der Waals surface area contributed by atoms with Crippen molar-refractivity contribution in [1.82, 2.24) is 9.13 Å². The first-order valence-electron chi connectivity index (χ1n) is 7.14. The molecule has 108 valence electrons. The van der Waals surface area contributed by atoms with E-state index >= 15 is 0 Å². The van der Waals surface area contributed by atoms with E-state index in [0.29, 0.717) is 6.54 Å². The molecule has 0 saturated heterocycles. The maximum atomic E-state index is 11.8. The zero-order valence-corrected chi connectivity index (χ0v) is 12.0. The van der Waals surface area contributed by atoms with Gasteiger partial charge >= 0.3 is 5.69 Å². The number of nitrogens with two attached hydrogens (primary N) is 1. The van der Waals surface area contributed by atoms with Gasteiger partial charge in [0.05, 0.1) is 0 Å². The van der Waals surface area contributed by atoms with E-state index in [0.717, 1.165) is 19.3 Å². The van der Waals surface area contributed by atoms with Crippen molar-refractivity contribution in [3.05, 3.63) is 27.0 Å². The first kappa shape index (κ1) is 15.5. The van der Waals surface area contributed by atoms with Gasteiger partial charge in [-0.3, -0.25) is 9.36 Å². The van der Waals surface area contributed by atoms with Crippen molar-refractivity contribution in [2.75, 3.05) is 5.73 Å². The largest absolute Gasteiger partial charge is 0.393 e. The number of nitrogens with zero attached hydrogens (tertiary/aromatic N) is 2. The van der Waals surface area contributed by atoms with E-state index in [1.54, 1.807) is 7.05 Å². The molecule has 0 unspecified atom stereocenters. The average molecular weight is 267 g/mol. The second kappa shape index (κ2) is 7.81. The third-order valence-electron chi connectivity index (χ3n) is 3.34. The second-order valence-corrected chi connectivity index (χ2v) is 5.06. The summed E-state index contributed by atoms with van der Waals surface area (Å²) in [4.78, 5) is 23.6. The third-order valence-corrected chi connectivity index (χ3v) is 3.34. The van der Waals surface area contributed by atoms with E-state index in [-0.39, 0.29) is 16.9 Å². The molecule has 1 aromatic heterocycles. The molecule has 5 heteroatoms. The number of unbranched alkanes of at least 4 members (excludes halogenated alkanes) is 6. The summed E-state index contributed by atoms with van der Waals surface area (Å²) in [5.41, 5.74) is 5.06. The fourth-order valence-corrected chi connectivity index (χ4v) is 2.18. The van der Waals surface area contributed by atoms with Crippen LogP contribution in [0.5, 0.6) is 0 Å². The Kier molecular flexibility index (Phi) is 6.39. The number of hydrogen-bond donors (Lipinski definition) is 1. The highest BCUT2D eigenvalue weighted by Crippen LogP contribution is 2.07. The summed E-state index contributed by atoms with van der Waals surface area (Å²) >= 11 is 0. The van der Waals surface area contributed by atoms with Gasteiger partial charge in [-0.05, 0) is 6.42 Å². The highest BCUT2D eigenvalue weighted by Gasteiger charge is 2.06. The van der Waals surface area contributed by atoms with Crippen LogP contribution in [-0.2, 0) is 13.6 Å². The van der Waals surface area contributed by atoms with E-state index in [9.17, 15) is 9.59 Å². The molecule has 5 nitrogen and oxygen atoms in total. The first-order valence-corrected chi connectivity index (χ1v) is 7.14. The summed E-state index contributed by atoms with van der Waals surface area (Å²) < 4.78 is 2.60. The normalized spacial score (nSPS) is 10.8. The van der Waals surface area contributed by atoms with Gasteiger partial charge in [0.15, 0.2) is 0 Å². The zero-order valence-electron chi connectivity index (χ0n) is 12.0. The molecule has 2 N–H and O–H groups in total. The Morgan fingerprint density at radius 2 is 1.63 bits per heavy atom. The molecule has 0 aliphatic heterocycles. The van der Waals surface area contributed by atoms with Crippen LogP contribution in [-0.4, -0.2) is 9.13 Å². The van der Waals surface area contributed by atoms with E-state index in [1.807, 2.05) is 0 Å². The quantitative estimate of drug-likeness (QED) is 0.731. The number of nitrogen functional groups attached to an aromatic ring is 1. The Bertz CT molecular complexity index is 468. The summed E-state index contributed by atoms with van der Waals surface area (Å²) in [6.07, 6.45) is 9.49. The van der Waals surface area contributed by atoms with Gasteiger partial charge in [-0.2, -0.15) is 0 Å². The molecule has 1 heterocycles. The topological polar surface area (TPSA) is 70.0 Å². The smallest absolute Gasteiger partial charge is 0.330 e. The van der Waals surface area contributed by atoms with Crippen molar-refractivity contribution in [1.29, 1.82) is 0 Å². The Balaban J connectivity index is 2.46. The lowest BCUT2D eigenvalue weighted by molar-refractivity contribution is 0.519. The van der Waals surface area contributed by atoms with E-state index < -0.39 is 0 Å². The summed E-state index contributed by atoms with van der Waals surface area (Å²) in [6, 6.07) is 0. The second-order valence-electron chi connectivity index (χ2n) is 5.06. The molecule has 19 heavy (non-hydrogen) atoms. The maximum Gasteiger partial charge on any atom is 0.330 e. The van der Waals surface area contributed by atoms with E-state index in [4.69, 9.17) is 5.73 Å². The van der Waals surface area contributed by atoms with Crippen molar-refractivity contribution in [3.8, 4) is 0 Å². The fraction of sp³-hybridized carbons (Fsp3) is 0.714. The fourth-order valence-electron chi connectivity index (χ4n) is 2.18. The molecule has 0 radical (unpaired) electrons. The minimum absolute atomic E-state index is 0.130. The number of anilines is 1. The molecule has 0 aliphatic rings. The average Bonchev–Trinajstić information content (AvgIpc) is 2.39. The van der Waals surface area contributed by atoms with Gasteiger partial charge < -0.3 is 10.3 Å². The number of aromatic nitrogens is 2. The predicted molar refractivity (Wildman–Crippen MR) is 78.3 cm³/mol. The summed E-state index contributed by atoms with van der Waals surface area (Å²) in [5.74, 6) is 0. The molecule has 0 saturated carbocycles. The molecule has 0 aromatic carbocycles. The Morgan fingerprint density at radius 1 is 1.05 bits per heavy atom. The van der Waals surface area contributed by atoms with Gasteiger partial charge in [0.25, 0.3) is 5.56 Å². The third kappa shape index (κ3) is 4.58. The monoisotopic (exact) mass is 267 g/mol. The standard InChI is InChI=1S/C14H25N3O2/c1-3-4-5-6-7-8-9-10-17-13(18)12(15)11-16(2)14(17)19/h11H,3-10,15H2,1-2H3. The molecular formula is C14H25N3O2. The highest BCUT2D eigenvalue weighted by atomic mass is 16.2. The molecule has 0 spiro atoms. The van der Waals surface area contributed by atoms with Crippen LogP contribution < -0.4 is 17.0 Å². The Labute approximate surface area is 114 Å². The predicted octanol–water partition coefficient (Wildman–Crippen LogP) is 1.88. The van der Waals surface area contributed by atoms with E-state index in [2.05, 4.69) is 6.92 Å². The summed E-state index contributed by atoms with van der Waals surface area (Å²) in [7, 11) is 1.61. The maximum absolute atomic E-state index is 11.8. The number of hydrogen-bond acceptors (Lipinski definition) is 3. The molecule has 1 aromatic rings. The van der Waals surface area contributed by atoms with Crippen molar-refractivity contribution < 1.29 is 0 Å². The van der Waals surface area contributed by atoms with Crippen molar-refractivity contribution >= 4 is 5.69 Å². The minimum Gasteiger partial charge on any atom is -0.393 e. The first-order chi connectivity index (χ1) is 9.07. The van der Waals surface area contributed by atoms with Crippen LogP contribution >= 0.6 is 0 Å². The lowest BCUT2D eigenvalue weighted by Gasteiger charge is -2.08. The van der Waals surface area contributed by atoms with Crippen molar-refractivity contribution in [3.63, 3.8) is 0 Å². The molecule has 1 rings (SSSR count). The van der Waals surface area contributed by atoms with Gasteiger partial charge in [-0.25, -0.2) is 4.79 Å². The zero-order chi connectivity index (χ0) is 14.3. The van der Waals surface area contributed by atoms with Crippen LogP contribution in [0.2, 0.25) is 0 Å². The summed E-state index contributed by atoms with van der Waals surface area (Å²) in [6.45, 7) is 2.66. The van der Waals surface area contributed by atoms with Crippen LogP contribution in [0.1, 0.15) is 51.9 Å². The van der Waals surface area contributed by atoms with Gasteiger partial charge in [0.2, 0.25) is 0 Å². The van der Waals surface area contributed by atoms with Crippen LogP contribution in [0.3, 0.4) is 0 Å². The molecule has 0 bridgehead atoms. The van der Waals surface area contributed by atoms with Crippen LogP contribution in [0, 0.1) is 0 Å². The summed E-state index contributed by atoms with van der Waals surface area (Å²) in [5, 5.41) is 0. The molecular weight excluding hydrogens is 242 g/mol. The van der Waals surface area contributed by atoms with Gasteiger partial charge in [-0.15, -0.1) is 0 Å². The van der Waals surface area contributed by atoms with Gasteiger partial charge in [0, 0.05) is 19.8 Å². The van der Waals surface area contributed by atoms with Crippen LogP contribution in [0.25, 0.3) is 0 Å². The number of aryl methyl sites for hydroxylation is 1. The van der Waals surface area contributed by atoms with Crippen molar-refractivity contribution in [2.24, 2.45) is 7.05 Å². The lowest BCUT2D eigenvalue weighted by Crippen LogP contribution is -2.39. The lowest BCUT2D eigenvalue weighted by atomic mass is 10.1. The van der Waals surface area contributed by atoms with Crippen LogP contribution in [0.4, 0.5) is 5.69 Å². The SMILES string of the molecule is CCCCCCCCCn1c(=O)c(N)cn(C)c1=O. The highest BCUT2D eigenvalue weighted by molar-refractivity contribution is 5.30. The molecule has 0 amide bonds. The Hall–Kier alpha value is -1.52. The molecule has 0 fully saturated rings. The molecule has 0 atom stereocenters. The van der Waals surface area contributed by atoms with Crippen molar-refractivity contribution in [2.45, 2.75) is 58.4 Å². The number of rotatable bonds is 8. The molecule has 0 aliphatic carbocycles. The minimum atomic E-state index is -0.367. The van der Waals surface area contributed by atoms with Gasteiger partial charge in [0.1, 0.15) is 5.69 Å². The van der Waals surface area contributed by atoms with E-state index in [1.165, 1.54) is 41.0 Å². The Morgan fingerprint density at radius 3 is 2.26 bits per heavy atom. The van der Waals surface area contributed by atoms with Gasteiger partial charge in [-0.1, -0.05) is 45.4 Å².